The molecule has 208 valence electrons. The van der Waals surface area contributed by atoms with Crippen LogP contribution in [0.15, 0.2) is 102 Å². The van der Waals surface area contributed by atoms with Crippen LogP contribution in [0.25, 0.3) is 0 Å². The molecule has 0 bridgehead atoms. The number of aliphatic hydroxyl groups excluding tert-OH is 2. The predicted molar refractivity (Wildman–Crippen MR) is 152 cm³/mol. The van der Waals surface area contributed by atoms with E-state index in [-0.39, 0.29) is 36.1 Å². The fourth-order valence-corrected chi connectivity index (χ4v) is 4.94. The van der Waals surface area contributed by atoms with Gasteiger partial charge in [0.25, 0.3) is 0 Å². The highest BCUT2D eigenvalue weighted by Crippen LogP contribution is 2.33. The molecule has 2 N–H and O–H groups in total. The molecule has 2 aromatic carbocycles. The van der Waals surface area contributed by atoms with E-state index in [4.69, 9.17) is 9.47 Å². The third-order valence-electron chi connectivity index (χ3n) is 4.67. The van der Waals surface area contributed by atoms with Gasteiger partial charge in [-0.3, -0.25) is 0 Å². The average Bonchev–Trinajstić information content (AvgIpc) is 2.90. The van der Waals surface area contributed by atoms with Crippen molar-refractivity contribution in [3.8, 4) is 0 Å². The first-order valence-corrected chi connectivity index (χ1v) is 14.2. The number of azo groups is 2. The molecule has 0 radical (unpaired) electrons. The van der Waals surface area contributed by atoms with Crippen LogP contribution in [0.2, 0.25) is 0 Å². The average molecular weight is 573 g/mol. The van der Waals surface area contributed by atoms with E-state index in [1.807, 2.05) is 36.4 Å². The number of thioether (sulfide) groups is 2. The van der Waals surface area contributed by atoms with Gasteiger partial charge in [-0.25, -0.2) is 9.59 Å². The van der Waals surface area contributed by atoms with Gasteiger partial charge < -0.3 is 19.7 Å². The van der Waals surface area contributed by atoms with E-state index in [1.54, 1.807) is 49.5 Å². The van der Waals surface area contributed by atoms with Gasteiger partial charge in [-0.2, -0.15) is 0 Å². The van der Waals surface area contributed by atoms with E-state index in [0.29, 0.717) is 11.4 Å². The smallest absolute Gasteiger partial charge is 0.362 e. The maximum Gasteiger partial charge on any atom is 0.362 e. The van der Waals surface area contributed by atoms with Crippen molar-refractivity contribution in [2.45, 2.75) is 43.9 Å². The third kappa shape index (κ3) is 10.6. The van der Waals surface area contributed by atoms with Crippen molar-refractivity contribution < 1.29 is 29.3 Å². The molecule has 0 saturated carbocycles. The van der Waals surface area contributed by atoms with Crippen LogP contribution in [0.1, 0.15) is 34.1 Å². The van der Waals surface area contributed by atoms with Crippen molar-refractivity contribution in [1.29, 1.82) is 0 Å². The van der Waals surface area contributed by atoms with Gasteiger partial charge in [-0.1, -0.05) is 24.3 Å². The van der Waals surface area contributed by atoms with E-state index in [9.17, 15) is 19.8 Å². The van der Waals surface area contributed by atoms with Gasteiger partial charge in [0.05, 0.1) is 24.6 Å². The van der Waals surface area contributed by atoms with Crippen molar-refractivity contribution in [3.63, 3.8) is 0 Å². The highest BCUT2D eigenvalue weighted by atomic mass is 32.2. The fourth-order valence-electron chi connectivity index (χ4n) is 2.88. The van der Waals surface area contributed by atoms with Crippen LogP contribution in [0, 0.1) is 0 Å². The lowest BCUT2D eigenvalue weighted by atomic mass is 10.3. The van der Waals surface area contributed by atoms with Crippen LogP contribution in [0.3, 0.4) is 0 Å². The van der Waals surface area contributed by atoms with Crippen molar-refractivity contribution in [2.24, 2.45) is 20.5 Å². The number of hydrogen-bond acceptors (Lipinski definition) is 12. The van der Waals surface area contributed by atoms with Gasteiger partial charge in [0, 0.05) is 9.79 Å². The zero-order chi connectivity index (χ0) is 28.6. The molecule has 10 nitrogen and oxygen atoms in total. The number of rotatable bonds is 14. The SMILES string of the molecule is CCOC(=O)/C(N=Nc1ccccc1SCCCSc1ccccc1N=N/C(C(=O)OCC)=C(/C)O)=C(\C)O. The molecule has 0 spiro atoms. The Balaban J connectivity index is 1.99. The first-order chi connectivity index (χ1) is 18.8. The van der Waals surface area contributed by atoms with Crippen molar-refractivity contribution in [1.82, 2.24) is 0 Å². The van der Waals surface area contributed by atoms with Crippen LogP contribution < -0.4 is 0 Å². The molecule has 2 aromatic rings. The van der Waals surface area contributed by atoms with E-state index in [2.05, 4.69) is 20.5 Å². The largest absolute Gasteiger partial charge is 0.510 e. The quantitative estimate of drug-likeness (QED) is 0.0582. The molecule has 0 unspecified atom stereocenters. The summed E-state index contributed by atoms with van der Waals surface area (Å²) in [6.45, 7) is 6.38. The number of aliphatic hydroxyl groups is 2. The van der Waals surface area contributed by atoms with Crippen molar-refractivity contribution in [2.75, 3.05) is 24.7 Å². The lowest BCUT2D eigenvalue weighted by molar-refractivity contribution is -0.139. The van der Waals surface area contributed by atoms with Gasteiger partial charge in [0.2, 0.25) is 11.4 Å². The topological polar surface area (TPSA) is 142 Å². The highest BCUT2D eigenvalue weighted by molar-refractivity contribution is 8.00. The maximum atomic E-state index is 12.0. The minimum absolute atomic E-state index is 0.164. The zero-order valence-corrected chi connectivity index (χ0v) is 23.9. The summed E-state index contributed by atoms with van der Waals surface area (Å²) in [5, 5.41) is 35.7. The van der Waals surface area contributed by atoms with Crippen LogP contribution in [-0.2, 0) is 19.1 Å². The number of esters is 2. The summed E-state index contributed by atoms with van der Waals surface area (Å²) in [5.74, 6) is -0.409. The minimum Gasteiger partial charge on any atom is -0.510 e. The normalized spacial score (nSPS) is 12.8. The number of nitrogens with zero attached hydrogens (tertiary/aromatic N) is 4. The van der Waals surface area contributed by atoms with Gasteiger partial charge >= 0.3 is 11.9 Å². The number of carbonyl (C=O) groups is 2. The summed E-state index contributed by atoms with van der Waals surface area (Å²) in [6, 6.07) is 14.8. The van der Waals surface area contributed by atoms with Crippen LogP contribution >= 0.6 is 23.5 Å². The lowest BCUT2D eigenvalue weighted by Crippen LogP contribution is -2.07. The third-order valence-corrected chi connectivity index (χ3v) is 6.97. The molecule has 12 heteroatoms. The van der Waals surface area contributed by atoms with E-state index in [1.165, 1.54) is 13.8 Å². The van der Waals surface area contributed by atoms with Crippen molar-refractivity contribution in [3.05, 3.63) is 71.4 Å². The number of carbonyl (C=O) groups excluding carboxylic acids is 2. The summed E-state index contributed by atoms with van der Waals surface area (Å²) in [6.07, 6.45) is 0.861. The van der Waals surface area contributed by atoms with Crippen LogP contribution in [0.5, 0.6) is 0 Å². The molecule has 0 aromatic heterocycles. The van der Waals surface area contributed by atoms with Gasteiger partial charge in [0.1, 0.15) is 11.5 Å². The molecule has 2 rings (SSSR count). The molecule has 0 aliphatic heterocycles. The Morgan fingerprint density at radius 1 is 0.718 bits per heavy atom. The standard InChI is InChI=1S/C27H32N4O6S2/c1-5-36-26(34)24(18(3)32)30-28-20-12-7-9-14-22(20)38-16-11-17-39-23-15-10-8-13-21(23)29-31-25(19(4)33)27(35)37-6-2/h7-10,12-15,32-33H,5-6,11,16-17H2,1-4H3/b24-18-,25-19-,30-28?,31-29?. The minimum atomic E-state index is -0.733. The number of allylic oxidation sites excluding steroid dienone is 2. The van der Waals surface area contributed by atoms with Crippen molar-refractivity contribution >= 4 is 46.8 Å². The molecule has 0 aliphatic rings. The summed E-state index contributed by atoms with van der Waals surface area (Å²) in [5.41, 5.74) is 0.688. The Kier molecular flexibility index (Phi) is 13.8. The second-order valence-corrected chi connectivity index (χ2v) is 9.97. The molecule has 39 heavy (non-hydrogen) atoms. The monoisotopic (exact) mass is 572 g/mol. The summed E-state index contributed by atoms with van der Waals surface area (Å²) >= 11 is 3.20. The highest BCUT2D eigenvalue weighted by Gasteiger charge is 2.15. The first-order valence-electron chi connectivity index (χ1n) is 12.2. The second-order valence-electron chi connectivity index (χ2n) is 7.69. The zero-order valence-electron chi connectivity index (χ0n) is 22.3. The molecule has 0 atom stereocenters. The van der Waals surface area contributed by atoms with Gasteiger partial charge in [0.15, 0.2) is 0 Å². The number of hydrogen-bond donors (Lipinski definition) is 2. The first kappa shape index (κ1) is 31.6. The molecule has 0 saturated heterocycles. The number of benzene rings is 2. The Morgan fingerprint density at radius 2 is 1.10 bits per heavy atom. The molecule has 0 aliphatic carbocycles. The van der Waals surface area contributed by atoms with Gasteiger partial charge in [-0.15, -0.1) is 44.0 Å². The Hall–Kier alpha value is -3.64. The Bertz CT molecular complexity index is 1160. The van der Waals surface area contributed by atoms with E-state index >= 15 is 0 Å². The maximum absolute atomic E-state index is 12.0. The predicted octanol–water partition coefficient (Wildman–Crippen LogP) is 7.83. The molecular formula is C27H32N4O6S2. The Labute approximate surface area is 236 Å². The fraction of sp³-hybridized carbons (Fsp3) is 0.333. The van der Waals surface area contributed by atoms with E-state index in [0.717, 1.165) is 27.7 Å². The van der Waals surface area contributed by atoms with E-state index < -0.39 is 11.9 Å². The van der Waals surface area contributed by atoms with Crippen LogP contribution in [-0.4, -0.2) is 46.9 Å². The Morgan fingerprint density at radius 3 is 1.46 bits per heavy atom. The van der Waals surface area contributed by atoms with Crippen LogP contribution in [0.4, 0.5) is 11.4 Å². The summed E-state index contributed by atoms with van der Waals surface area (Å²) in [7, 11) is 0. The molecular weight excluding hydrogens is 540 g/mol. The lowest BCUT2D eigenvalue weighted by Gasteiger charge is -2.07. The summed E-state index contributed by atoms with van der Waals surface area (Å²) < 4.78 is 9.83. The molecule has 0 amide bonds. The molecule has 0 heterocycles. The summed E-state index contributed by atoms with van der Waals surface area (Å²) in [4.78, 5) is 25.7. The second kappa shape index (κ2) is 17.0. The molecule has 0 fully saturated rings. The van der Waals surface area contributed by atoms with Gasteiger partial charge in [-0.05, 0) is 69.9 Å². The number of ether oxygens (including phenoxy) is 2.